The molecule has 2 fully saturated rings. The zero-order valence-corrected chi connectivity index (χ0v) is 17.1. The molecule has 2 saturated heterocycles. The van der Waals surface area contributed by atoms with Gasteiger partial charge in [-0.15, -0.1) is 0 Å². The average molecular weight is 382 g/mol. The van der Waals surface area contributed by atoms with E-state index in [0.717, 1.165) is 51.2 Å². The topological polar surface area (TPSA) is 60.4 Å². The molecule has 0 atom stereocenters. The first kappa shape index (κ1) is 18.8. The molecule has 4 rings (SSSR count). The molecular weight excluding hydrogens is 350 g/mol. The first-order valence-corrected chi connectivity index (χ1v) is 10.5. The summed E-state index contributed by atoms with van der Waals surface area (Å²) in [6.07, 6.45) is 4.87. The van der Waals surface area contributed by atoms with Crippen LogP contribution >= 0.6 is 0 Å². The summed E-state index contributed by atoms with van der Waals surface area (Å²) in [5.74, 6) is 2.34. The third kappa shape index (κ3) is 4.46. The fraction of sp³-hybridized carbons (Fsp3) is 0.571. The van der Waals surface area contributed by atoms with E-state index in [1.54, 1.807) is 0 Å². The van der Waals surface area contributed by atoms with Crippen LogP contribution in [-0.4, -0.2) is 61.3 Å². The van der Waals surface area contributed by atoms with E-state index in [1.807, 2.05) is 0 Å². The van der Waals surface area contributed by atoms with Crippen LogP contribution in [0.5, 0.6) is 0 Å². The van der Waals surface area contributed by atoms with Crippen molar-refractivity contribution in [3.05, 3.63) is 29.8 Å². The van der Waals surface area contributed by atoms with Crippen LogP contribution in [-0.2, 0) is 0 Å². The van der Waals surface area contributed by atoms with E-state index in [0.29, 0.717) is 5.95 Å². The molecule has 1 aromatic heterocycles. The maximum atomic E-state index is 4.78. The van der Waals surface area contributed by atoms with E-state index in [-0.39, 0.29) is 0 Å². The van der Waals surface area contributed by atoms with Crippen LogP contribution < -0.4 is 20.0 Å². The maximum Gasteiger partial charge on any atom is 0.231 e. The molecule has 7 nitrogen and oxygen atoms in total. The monoisotopic (exact) mass is 381 g/mol. The first-order chi connectivity index (χ1) is 13.7. The van der Waals surface area contributed by atoms with E-state index in [2.05, 4.69) is 58.3 Å². The summed E-state index contributed by atoms with van der Waals surface area (Å²) in [5.41, 5.74) is 2.51. The summed E-state index contributed by atoms with van der Waals surface area (Å²) < 4.78 is 0. The van der Waals surface area contributed by atoms with Crippen LogP contribution in [0.1, 0.15) is 31.2 Å². The Hall–Kier alpha value is -2.57. The van der Waals surface area contributed by atoms with E-state index in [9.17, 15) is 0 Å². The highest BCUT2D eigenvalue weighted by molar-refractivity contribution is 5.49. The Bertz CT molecular complexity index is 748. The predicted molar refractivity (Wildman–Crippen MR) is 116 cm³/mol. The maximum absolute atomic E-state index is 4.78. The second-order valence-electron chi connectivity index (χ2n) is 7.83. The minimum Gasteiger partial charge on any atom is -0.373 e. The van der Waals surface area contributed by atoms with Gasteiger partial charge in [0.15, 0.2) is 0 Å². The van der Waals surface area contributed by atoms with Gasteiger partial charge in [-0.05, 0) is 50.3 Å². The van der Waals surface area contributed by atoms with Crippen LogP contribution in [0.3, 0.4) is 0 Å². The fourth-order valence-corrected chi connectivity index (χ4v) is 3.88. The van der Waals surface area contributed by atoms with Gasteiger partial charge >= 0.3 is 0 Å². The van der Waals surface area contributed by atoms with E-state index in [1.165, 1.54) is 36.9 Å². The van der Waals surface area contributed by atoms with Gasteiger partial charge in [0.1, 0.15) is 0 Å². The Morgan fingerprint density at radius 3 is 2.11 bits per heavy atom. The molecule has 2 aliphatic rings. The minimum absolute atomic E-state index is 0.691. The molecule has 28 heavy (non-hydrogen) atoms. The van der Waals surface area contributed by atoms with Crippen molar-refractivity contribution < 1.29 is 0 Å². The summed E-state index contributed by atoms with van der Waals surface area (Å²) in [6, 6.07) is 8.58. The lowest BCUT2D eigenvalue weighted by molar-refractivity contribution is 0.831. The van der Waals surface area contributed by atoms with Crippen molar-refractivity contribution in [1.82, 2.24) is 15.0 Å². The molecule has 1 N–H and O–H groups in total. The number of hydrogen-bond donors (Lipinski definition) is 1. The molecule has 0 saturated carbocycles. The van der Waals surface area contributed by atoms with E-state index >= 15 is 0 Å². The van der Waals surface area contributed by atoms with Crippen LogP contribution in [0, 0.1) is 6.92 Å². The largest absolute Gasteiger partial charge is 0.373 e. The van der Waals surface area contributed by atoms with Crippen molar-refractivity contribution in [2.45, 2.75) is 32.6 Å². The molecule has 0 bridgehead atoms. The van der Waals surface area contributed by atoms with Crippen molar-refractivity contribution in [3.63, 3.8) is 0 Å². The smallest absolute Gasteiger partial charge is 0.231 e. The summed E-state index contributed by atoms with van der Waals surface area (Å²) in [4.78, 5) is 21.0. The molecule has 2 aliphatic heterocycles. The van der Waals surface area contributed by atoms with Gasteiger partial charge < -0.3 is 20.0 Å². The second kappa shape index (κ2) is 8.63. The number of aryl methyl sites for hydroxylation is 1. The molecular formula is C21H31N7. The lowest BCUT2D eigenvalue weighted by atomic mass is 10.2. The zero-order valence-electron chi connectivity index (χ0n) is 17.1. The Kier molecular flexibility index (Phi) is 5.78. The average Bonchev–Trinajstić information content (AvgIpc) is 3.42. The molecule has 2 aromatic rings. The van der Waals surface area contributed by atoms with Gasteiger partial charge in [-0.25, -0.2) is 0 Å². The zero-order chi connectivity index (χ0) is 19.3. The normalized spacial score (nSPS) is 16.6. The van der Waals surface area contributed by atoms with E-state index in [4.69, 9.17) is 15.0 Å². The number of aromatic nitrogens is 3. The molecule has 0 spiro atoms. The second-order valence-corrected chi connectivity index (χ2v) is 7.83. The number of likely N-dealkylation sites (N-methyl/N-ethyl adjacent to an activating group) is 1. The number of benzene rings is 1. The molecule has 0 amide bonds. The van der Waals surface area contributed by atoms with Crippen molar-refractivity contribution in [2.24, 2.45) is 0 Å². The lowest BCUT2D eigenvalue weighted by Gasteiger charge is -2.22. The van der Waals surface area contributed by atoms with Gasteiger partial charge in [0, 0.05) is 52.0 Å². The highest BCUT2D eigenvalue weighted by Crippen LogP contribution is 2.22. The lowest BCUT2D eigenvalue weighted by Crippen LogP contribution is -2.28. The minimum atomic E-state index is 0.691. The van der Waals surface area contributed by atoms with Gasteiger partial charge in [0.2, 0.25) is 17.8 Å². The Labute approximate surface area is 167 Å². The summed E-state index contributed by atoms with van der Waals surface area (Å²) >= 11 is 0. The van der Waals surface area contributed by atoms with Crippen molar-refractivity contribution in [2.75, 3.05) is 66.3 Å². The van der Waals surface area contributed by atoms with Crippen LogP contribution in [0.2, 0.25) is 0 Å². The molecule has 3 heterocycles. The van der Waals surface area contributed by atoms with E-state index < -0.39 is 0 Å². The number of rotatable bonds is 7. The fourth-order valence-electron chi connectivity index (χ4n) is 3.88. The molecule has 1 aromatic carbocycles. The Morgan fingerprint density at radius 2 is 1.54 bits per heavy atom. The third-order valence-electron chi connectivity index (χ3n) is 5.56. The molecule has 0 aliphatic carbocycles. The van der Waals surface area contributed by atoms with Crippen LogP contribution in [0.25, 0.3) is 0 Å². The van der Waals surface area contributed by atoms with Gasteiger partial charge in [-0.3, -0.25) is 0 Å². The van der Waals surface area contributed by atoms with Crippen molar-refractivity contribution in [3.8, 4) is 0 Å². The number of nitrogens with one attached hydrogen (secondary N) is 1. The summed E-state index contributed by atoms with van der Waals surface area (Å²) in [5, 5.41) is 3.43. The van der Waals surface area contributed by atoms with Gasteiger partial charge in [0.25, 0.3) is 0 Å². The number of anilines is 4. The Balaban J connectivity index is 1.43. The first-order valence-electron chi connectivity index (χ1n) is 10.5. The van der Waals surface area contributed by atoms with Gasteiger partial charge in [-0.1, -0.05) is 12.1 Å². The van der Waals surface area contributed by atoms with Crippen molar-refractivity contribution in [1.29, 1.82) is 0 Å². The quantitative estimate of drug-likeness (QED) is 0.791. The van der Waals surface area contributed by atoms with Crippen LogP contribution in [0.15, 0.2) is 24.3 Å². The third-order valence-corrected chi connectivity index (χ3v) is 5.56. The van der Waals surface area contributed by atoms with Crippen molar-refractivity contribution >= 4 is 23.5 Å². The standard InChI is InChI=1S/C21H31N7/c1-17-8-7-9-18(16-17)26(2)15-10-22-19-23-20(27-11-3-4-12-27)25-21(24-19)28-13-5-6-14-28/h7-9,16H,3-6,10-15H2,1-2H3,(H,22,23,24,25). The highest BCUT2D eigenvalue weighted by Gasteiger charge is 2.21. The summed E-state index contributed by atoms with van der Waals surface area (Å²) in [6.45, 7) is 7.96. The Morgan fingerprint density at radius 1 is 0.929 bits per heavy atom. The molecule has 0 unspecified atom stereocenters. The molecule has 7 heteroatoms. The predicted octanol–water partition coefficient (Wildman–Crippen LogP) is 2.93. The molecule has 150 valence electrons. The van der Waals surface area contributed by atoms with Gasteiger partial charge in [-0.2, -0.15) is 15.0 Å². The molecule has 0 radical (unpaired) electrons. The van der Waals surface area contributed by atoms with Crippen LogP contribution in [0.4, 0.5) is 23.5 Å². The number of hydrogen-bond acceptors (Lipinski definition) is 7. The number of nitrogens with zero attached hydrogens (tertiary/aromatic N) is 6. The van der Waals surface area contributed by atoms with Gasteiger partial charge in [0.05, 0.1) is 0 Å². The SMILES string of the molecule is Cc1cccc(N(C)CCNc2nc(N3CCCC3)nc(N3CCCC3)n2)c1. The highest BCUT2D eigenvalue weighted by atomic mass is 15.4. The summed E-state index contributed by atoms with van der Waals surface area (Å²) in [7, 11) is 2.12.